The van der Waals surface area contributed by atoms with Crippen molar-refractivity contribution in [2.24, 2.45) is 0 Å². The highest BCUT2D eigenvalue weighted by Crippen LogP contribution is 2.30. The molecule has 0 atom stereocenters. The van der Waals surface area contributed by atoms with Crippen molar-refractivity contribution >= 4 is 5.91 Å². The van der Waals surface area contributed by atoms with Crippen LogP contribution in [0.1, 0.15) is 44.1 Å². The quantitative estimate of drug-likeness (QED) is 0.891. The number of rotatable bonds is 5. The number of hydrogen-bond donors (Lipinski definition) is 2. The lowest BCUT2D eigenvalue weighted by molar-refractivity contribution is -0.127. The van der Waals surface area contributed by atoms with Gasteiger partial charge in [0.25, 0.3) is 0 Å². The fourth-order valence-corrected chi connectivity index (χ4v) is 3.12. The van der Waals surface area contributed by atoms with Gasteiger partial charge < -0.3 is 10.4 Å². The lowest BCUT2D eigenvalue weighted by Crippen LogP contribution is -2.38. The number of para-hydroxylation sites is 1. The van der Waals surface area contributed by atoms with Crippen molar-refractivity contribution in [1.29, 1.82) is 0 Å². The Bertz CT molecular complexity index is 645. The Balaban J connectivity index is 1.52. The minimum atomic E-state index is -0.809. The second-order valence-electron chi connectivity index (χ2n) is 6.37. The van der Waals surface area contributed by atoms with Crippen molar-refractivity contribution in [3.8, 4) is 5.69 Å². The summed E-state index contributed by atoms with van der Waals surface area (Å²) in [5, 5.41) is 17.6. The fourth-order valence-electron chi connectivity index (χ4n) is 3.12. The molecule has 1 aliphatic carbocycles. The van der Waals surface area contributed by atoms with Crippen LogP contribution in [-0.2, 0) is 11.3 Å². The summed E-state index contributed by atoms with van der Waals surface area (Å²) in [5.41, 5.74) is 1.12. The lowest BCUT2D eigenvalue weighted by atomic mass is 9.82. The van der Waals surface area contributed by atoms with E-state index in [1.165, 1.54) is 0 Å². The molecule has 0 bridgehead atoms. The van der Waals surface area contributed by atoms with E-state index < -0.39 is 5.60 Å². The van der Waals surface area contributed by atoms with Crippen LogP contribution in [-0.4, -0.2) is 26.4 Å². The molecular weight excluding hydrogens is 290 g/mol. The zero-order valence-corrected chi connectivity index (χ0v) is 13.2. The molecule has 3 rings (SSSR count). The Hall–Kier alpha value is -2.14. The number of nitrogens with one attached hydrogen (secondary N) is 1. The first-order valence-electron chi connectivity index (χ1n) is 8.23. The first-order chi connectivity index (χ1) is 11.1. The van der Waals surface area contributed by atoms with E-state index in [9.17, 15) is 9.90 Å². The van der Waals surface area contributed by atoms with Gasteiger partial charge in [-0.2, -0.15) is 5.10 Å². The number of benzene rings is 1. The molecule has 2 N–H and O–H groups in total. The number of carbonyl (C=O) groups is 1. The smallest absolute Gasteiger partial charge is 0.223 e. The molecule has 122 valence electrons. The molecule has 23 heavy (non-hydrogen) atoms. The minimum absolute atomic E-state index is 0.0955. The van der Waals surface area contributed by atoms with Crippen molar-refractivity contribution in [1.82, 2.24) is 15.1 Å². The van der Waals surface area contributed by atoms with Crippen LogP contribution in [0.15, 0.2) is 42.7 Å². The van der Waals surface area contributed by atoms with Crippen molar-refractivity contribution in [3.05, 3.63) is 48.3 Å². The standard InChI is InChI=1S/C18H23N3O2/c22-17(11-18(23)9-5-2-6-10-18)19-12-15-13-20-21(14-15)16-7-3-1-4-8-16/h1,3-4,7-8,13-14,23H,2,5-6,9-12H2,(H,19,22). The normalized spacial score (nSPS) is 16.9. The van der Waals surface area contributed by atoms with Crippen LogP contribution >= 0.6 is 0 Å². The third-order valence-corrected chi connectivity index (χ3v) is 4.42. The second-order valence-corrected chi connectivity index (χ2v) is 6.37. The maximum absolute atomic E-state index is 12.1. The Morgan fingerprint density at radius 3 is 2.70 bits per heavy atom. The highest BCUT2D eigenvalue weighted by atomic mass is 16.3. The molecule has 1 fully saturated rings. The van der Waals surface area contributed by atoms with Gasteiger partial charge in [-0.1, -0.05) is 37.5 Å². The summed E-state index contributed by atoms with van der Waals surface area (Å²) < 4.78 is 1.79. The molecule has 1 aromatic heterocycles. The second kappa shape index (κ2) is 6.96. The van der Waals surface area contributed by atoms with E-state index in [-0.39, 0.29) is 12.3 Å². The van der Waals surface area contributed by atoms with E-state index in [0.717, 1.165) is 43.4 Å². The van der Waals surface area contributed by atoms with Gasteiger partial charge in [0.05, 0.1) is 23.9 Å². The first-order valence-corrected chi connectivity index (χ1v) is 8.23. The summed E-state index contributed by atoms with van der Waals surface area (Å²) in [6, 6.07) is 9.85. The van der Waals surface area contributed by atoms with E-state index in [1.807, 2.05) is 36.5 Å². The molecule has 1 amide bonds. The van der Waals surface area contributed by atoms with Gasteiger partial charge in [-0.05, 0) is 25.0 Å². The van der Waals surface area contributed by atoms with E-state index in [4.69, 9.17) is 0 Å². The maximum Gasteiger partial charge on any atom is 0.223 e. The molecule has 5 heteroatoms. The van der Waals surface area contributed by atoms with Gasteiger partial charge in [-0.3, -0.25) is 4.79 Å². The van der Waals surface area contributed by atoms with Gasteiger partial charge in [-0.15, -0.1) is 0 Å². The SMILES string of the molecule is O=C(CC1(O)CCCCC1)NCc1cnn(-c2ccccc2)c1. The molecule has 0 unspecified atom stereocenters. The summed E-state index contributed by atoms with van der Waals surface area (Å²) in [4.78, 5) is 12.1. The van der Waals surface area contributed by atoms with Crippen LogP contribution in [0.5, 0.6) is 0 Å². The summed E-state index contributed by atoms with van der Waals surface area (Å²) >= 11 is 0. The molecule has 1 aromatic carbocycles. The highest BCUT2D eigenvalue weighted by Gasteiger charge is 2.31. The molecule has 1 aliphatic rings. The lowest BCUT2D eigenvalue weighted by Gasteiger charge is -2.31. The molecule has 0 saturated heterocycles. The van der Waals surface area contributed by atoms with Gasteiger partial charge in [-0.25, -0.2) is 4.68 Å². The van der Waals surface area contributed by atoms with E-state index >= 15 is 0 Å². The van der Waals surface area contributed by atoms with Crippen molar-refractivity contribution in [3.63, 3.8) is 0 Å². The van der Waals surface area contributed by atoms with Crippen LogP contribution in [0.4, 0.5) is 0 Å². The highest BCUT2D eigenvalue weighted by molar-refractivity contribution is 5.77. The number of carbonyl (C=O) groups excluding carboxylic acids is 1. The Morgan fingerprint density at radius 2 is 1.96 bits per heavy atom. The number of amides is 1. The Morgan fingerprint density at radius 1 is 1.22 bits per heavy atom. The molecule has 1 saturated carbocycles. The molecule has 5 nitrogen and oxygen atoms in total. The first kappa shape index (κ1) is 15.7. The van der Waals surface area contributed by atoms with Gasteiger partial charge in [0.2, 0.25) is 5.91 Å². The van der Waals surface area contributed by atoms with Crippen molar-refractivity contribution in [2.45, 2.75) is 50.7 Å². The molecule has 0 spiro atoms. The minimum Gasteiger partial charge on any atom is -0.389 e. The fraction of sp³-hybridized carbons (Fsp3) is 0.444. The summed E-state index contributed by atoms with van der Waals surface area (Å²) in [6.45, 7) is 0.432. The van der Waals surface area contributed by atoms with Gasteiger partial charge in [0, 0.05) is 18.3 Å². The van der Waals surface area contributed by atoms with Crippen molar-refractivity contribution in [2.75, 3.05) is 0 Å². The van der Waals surface area contributed by atoms with Gasteiger partial charge >= 0.3 is 0 Å². The van der Waals surface area contributed by atoms with Crippen LogP contribution in [0.2, 0.25) is 0 Å². The topological polar surface area (TPSA) is 67.2 Å². The number of hydrogen-bond acceptors (Lipinski definition) is 3. The molecule has 0 radical (unpaired) electrons. The number of nitrogens with zero attached hydrogens (tertiary/aromatic N) is 2. The monoisotopic (exact) mass is 313 g/mol. The maximum atomic E-state index is 12.1. The van der Waals surface area contributed by atoms with Gasteiger partial charge in [0.15, 0.2) is 0 Å². The Kier molecular flexibility index (Phi) is 4.76. The zero-order chi connectivity index (χ0) is 16.1. The van der Waals surface area contributed by atoms with Crippen LogP contribution in [0, 0.1) is 0 Å². The van der Waals surface area contributed by atoms with Crippen molar-refractivity contribution < 1.29 is 9.90 Å². The van der Waals surface area contributed by atoms with E-state index in [1.54, 1.807) is 10.9 Å². The summed E-state index contributed by atoms with van der Waals surface area (Å²) in [5.74, 6) is -0.0955. The van der Waals surface area contributed by atoms with E-state index in [0.29, 0.717) is 6.54 Å². The number of aromatic nitrogens is 2. The molecule has 2 aromatic rings. The molecular formula is C18H23N3O2. The van der Waals surface area contributed by atoms with E-state index in [2.05, 4.69) is 10.4 Å². The molecule has 0 aliphatic heterocycles. The Labute approximate surface area is 136 Å². The molecule has 1 heterocycles. The third kappa shape index (κ3) is 4.20. The van der Waals surface area contributed by atoms with Gasteiger partial charge in [0.1, 0.15) is 0 Å². The largest absolute Gasteiger partial charge is 0.389 e. The average Bonchev–Trinajstić information content (AvgIpc) is 3.03. The predicted molar refractivity (Wildman–Crippen MR) is 88.1 cm³/mol. The summed E-state index contributed by atoms with van der Waals surface area (Å²) in [7, 11) is 0. The predicted octanol–water partition coefficient (Wildman–Crippen LogP) is 2.57. The summed E-state index contributed by atoms with van der Waals surface area (Å²) in [6.07, 6.45) is 8.48. The van der Waals surface area contributed by atoms with Crippen LogP contribution in [0.3, 0.4) is 0 Å². The van der Waals surface area contributed by atoms with Crippen LogP contribution in [0.25, 0.3) is 5.69 Å². The zero-order valence-electron chi connectivity index (χ0n) is 13.2. The number of aliphatic hydroxyl groups is 1. The van der Waals surface area contributed by atoms with Crippen LogP contribution < -0.4 is 5.32 Å². The third-order valence-electron chi connectivity index (χ3n) is 4.42. The average molecular weight is 313 g/mol.